The molecule has 0 aliphatic heterocycles. The molecule has 1 fully saturated rings. The average Bonchev–Trinajstić information content (AvgIpc) is 2.86. The van der Waals surface area contributed by atoms with Gasteiger partial charge >= 0.3 is 0 Å². The SMILES string of the molecule is C#CC(C)(C)NC(COC)C1CC1. The zero-order valence-electron chi connectivity index (χ0n) is 8.76. The molecule has 13 heavy (non-hydrogen) atoms. The van der Waals surface area contributed by atoms with Gasteiger partial charge in [0.05, 0.1) is 12.1 Å². The van der Waals surface area contributed by atoms with Crippen LogP contribution in [0.1, 0.15) is 26.7 Å². The summed E-state index contributed by atoms with van der Waals surface area (Å²) in [4.78, 5) is 0. The highest BCUT2D eigenvalue weighted by molar-refractivity contribution is 5.09. The van der Waals surface area contributed by atoms with Gasteiger partial charge in [0.1, 0.15) is 0 Å². The molecular weight excluding hydrogens is 162 g/mol. The summed E-state index contributed by atoms with van der Waals surface area (Å²) < 4.78 is 5.16. The topological polar surface area (TPSA) is 21.3 Å². The molecule has 0 aromatic rings. The maximum atomic E-state index is 5.42. The van der Waals surface area contributed by atoms with E-state index in [0.29, 0.717) is 6.04 Å². The molecule has 1 saturated carbocycles. The Hall–Kier alpha value is -0.520. The average molecular weight is 181 g/mol. The van der Waals surface area contributed by atoms with Crippen molar-refractivity contribution < 1.29 is 4.74 Å². The molecular formula is C11H19NO. The van der Waals surface area contributed by atoms with E-state index in [0.717, 1.165) is 12.5 Å². The summed E-state index contributed by atoms with van der Waals surface area (Å²) in [5.41, 5.74) is -0.216. The van der Waals surface area contributed by atoms with E-state index in [4.69, 9.17) is 11.2 Å². The third-order valence-corrected chi connectivity index (χ3v) is 2.44. The van der Waals surface area contributed by atoms with E-state index < -0.39 is 0 Å². The molecule has 0 aromatic carbocycles. The molecule has 0 radical (unpaired) electrons. The van der Waals surface area contributed by atoms with Gasteiger partial charge in [-0.05, 0) is 32.6 Å². The summed E-state index contributed by atoms with van der Waals surface area (Å²) in [5, 5.41) is 3.44. The lowest BCUT2D eigenvalue weighted by Gasteiger charge is -2.27. The van der Waals surface area contributed by atoms with Crippen LogP contribution in [0.25, 0.3) is 0 Å². The number of rotatable bonds is 5. The predicted molar refractivity (Wildman–Crippen MR) is 54.4 cm³/mol. The molecule has 0 heterocycles. The van der Waals surface area contributed by atoms with Gasteiger partial charge in [0.15, 0.2) is 0 Å². The van der Waals surface area contributed by atoms with Gasteiger partial charge in [-0.25, -0.2) is 0 Å². The van der Waals surface area contributed by atoms with Crippen molar-refractivity contribution in [2.75, 3.05) is 13.7 Å². The van der Waals surface area contributed by atoms with Crippen molar-refractivity contribution in [3.8, 4) is 12.3 Å². The van der Waals surface area contributed by atoms with E-state index in [2.05, 4.69) is 11.2 Å². The van der Waals surface area contributed by atoms with Crippen molar-refractivity contribution in [1.29, 1.82) is 0 Å². The lowest BCUT2D eigenvalue weighted by molar-refractivity contribution is 0.148. The van der Waals surface area contributed by atoms with Gasteiger partial charge in [0.2, 0.25) is 0 Å². The molecule has 1 atom stereocenters. The van der Waals surface area contributed by atoms with Crippen LogP contribution in [0.5, 0.6) is 0 Å². The fraction of sp³-hybridized carbons (Fsp3) is 0.818. The number of terminal acetylenes is 1. The summed E-state index contributed by atoms with van der Waals surface area (Å²) in [6, 6.07) is 0.427. The van der Waals surface area contributed by atoms with Crippen LogP contribution in [-0.4, -0.2) is 25.3 Å². The fourth-order valence-corrected chi connectivity index (χ4v) is 1.48. The molecule has 0 saturated heterocycles. The highest BCUT2D eigenvalue weighted by Crippen LogP contribution is 2.33. The fourth-order valence-electron chi connectivity index (χ4n) is 1.48. The van der Waals surface area contributed by atoms with Crippen LogP contribution < -0.4 is 5.32 Å². The van der Waals surface area contributed by atoms with Crippen molar-refractivity contribution in [3.05, 3.63) is 0 Å². The van der Waals surface area contributed by atoms with Gasteiger partial charge in [0.25, 0.3) is 0 Å². The Balaban J connectivity index is 2.42. The lowest BCUT2D eigenvalue weighted by Crippen LogP contribution is -2.48. The molecule has 1 aliphatic rings. The monoisotopic (exact) mass is 181 g/mol. The van der Waals surface area contributed by atoms with Gasteiger partial charge in [-0.15, -0.1) is 6.42 Å². The van der Waals surface area contributed by atoms with E-state index in [-0.39, 0.29) is 5.54 Å². The first-order valence-corrected chi connectivity index (χ1v) is 4.83. The van der Waals surface area contributed by atoms with E-state index >= 15 is 0 Å². The predicted octanol–water partition coefficient (Wildman–Crippen LogP) is 1.41. The molecule has 1 N–H and O–H groups in total. The smallest absolute Gasteiger partial charge is 0.0744 e. The first kappa shape index (κ1) is 10.6. The van der Waals surface area contributed by atoms with Gasteiger partial charge < -0.3 is 4.74 Å². The van der Waals surface area contributed by atoms with Crippen LogP contribution in [0.2, 0.25) is 0 Å². The largest absolute Gasteiger partial charge is 0.383 e. The molecule has 74 valence electrons. The quantitative estimate of drug-likeness (QED) is 0.648. The molecule has 0 amide bonds. The van der Waals surface area contributed by atoms with E-state index in [1.807, 2.05) is 13.8 Å². The maximum Gasteiger partial charge on any atom is 0.0744 e. The molecule has 0 bridgehead atoms. The van der Waals surface area contributed by atoms with Crippen LogP contribution in [0.4, 0.5) is 0 Å². The van der Waals surface area contributed by atoms with Gasteiger partial charge in [0, 0.05) is 13.2 Å². The standard InChI is InChI=1S/C11H19NO/c1-5-11(2,3)12-10(8-13-4)9-6-7-9/h1,9-10,12H,6-8H2,2-4H3. The van der Waals surface area contributed by atoms with Gasteiger partial charge in [-0.2, -0.15) is 0 Å². The highest BCUT2D eigenvalue weighted by Gasteiger charge is 2.33. The van der Waals surface area contributed by atoms with Crippen LogP contribution in [-0.2, 0) is 4.74 Å². The number of nitrogens with one attached hydrogen (secondary N) is 1. The first-order chi connectivity index (χ1) is 6.09. The molecule has 2 heteroatoms. The van der Waals surface area contributed by atoms with Crippen molar-refractivity contribution in [1.82, 2.24) is 5.32 Å². The normalized spacial score (nSPS) is 19.5. The molecule has 2 nitrogen and oxygen atoms in total. The molecule has 1 aliphatic carbocycles. The number of ether oxygens (including phenoxy) is 1. The van der Waals surface area contributed by atoms with Crippen molar-refractivity contribution in [2.24, 2.45) is 5.92 Å². The molecule has 0 spiro atoms. The third-order valence-electron chi connectivity index (χ3n) is 2.44. The minimum atomic E-state index is -0.216. The summed E-state index contributed by atoms with van der Waals surface area (Å²) in [5.74, 6) is 3.52. The van der Waals surface area contributed by atoms with Crippen LogP contribution in [0, 0.1) is 18.3 Å². The van der Waals surface area contributed by atoms with Gasteiger partial charge in [-0.1, -0.05) is 5.92 Å². The maximum absolute atomic E-state index is 5.42. The second-order valence-electron chi connectivity index (χ2n) is 4.31. The van der Waals surface area contributed by atoms with Crippen LogP contribution in [0.3, 0.4) is 0 Å². The zero-order valence-corrected chi connectivity index (χ0v) is 8.76. The van der Waals surface area contributed by atoms with Crippen molar-refractivity contribution in [3.63, 3.8) is 0 Å². The van der Waals surface area contributed by atoms with E-state index in [9.17, 15) is 0 Å². The number of hydrogen-bond acceptors (Lipinski definition) is 2. The van der Waals surface area contributed by atoms with Crippen LogP contribution >= 0.6 is 0 Å². The number of methoxy groups -OCH3 is 1. The summed E-state index contributed by atoms with van der Waals surface area (Å²) >= 11 is 0. The molecule has 1 rings (SSSR count). The minimum absolute atomic E-state index is 0.216. The highest BCUT2D eigenvalue weighted by atomic mass is 16.5. The minimum Gasteiger partial charge on any atom is -0.383 e. The van der Waals surface area contributed by atoms with E-state index in [1.54, 1.807) is 7.11 Å². The second kappa shape index (κ2) is 4.13. The Labute approximate surface area is 81.0 Å². The van der Waals surface area contributed by atoms with Crippen LogP contribution in [0.15, 0.2) is 0 Å². The summed E-state index contributed by atoms with van der Waals surface area (Å²) in [7, 11) is 1.74. The second-order valence-corrected chi connectivity index (χ2v) is 4.31. The zero-order chi connectivity index (χ0) is 9.90. The summed E-state index contributed by atoms with van der Waals surface area (Å²) in [6.45, 7) is 4.81. The Bertz CT molecular complexity index is 201. The van der Waals surface area contributed by atoms with Crippen molar-refractivity contribution >= 4 is 0 Å². The Morgan fingerprint density at radius 3 is 2.62 bits per heavy atom. The Kier molecular flexibility index (Phi) is 3.35. The Morgan fingerprint density at radius 2 is 2.23 bits per heavy atom. The Morgan fingerprint density at radius 1 is 1.62 bits per heavy atom. The lowest BCUT2D eigenvalue weighted by atomic mass is 10.0. The first-order valence-electron chi connectivity index (χ1n) is 4.83. The number of hydrogen-bond donors (Lipinski definition) is 1. The summed E-state index contributed by atoms with van der Waals surface area (Å²) in [6.07, 6.45) is 8.03. The third kappa shape index (κ3) is 3.38. The molecule has 0 aromatic heterocycles. The van der Waals surface area contributed by atoms with Gasteiger partial charge in [-0.3, -0.25) is 5.32 Å². The molecule has 1 unspecified atom stereocenters. The van der Waals surface area contributed by atoms with Crippen molar-refractivity contribution in [2.45, 2.75) is 38.3 Å². The van der Waals surface area contributed by atoms with E-state index in [1.165, 1.54) is 12.8 Å².